The fourth-order valence-electron chi connectivity index (χ4n) is 4.12. The van der Waals surface area contributed by atoms with Crippen LogP contribution in [0.5, 0.6) is 0 Å². The van der Waals surface area contributed by atoms with Gasteiger partial charge in [-0.3, -0.25) is 14.3 Å². The van der Waals surface area contributed by atoms with Gasteiger partial charge in [-0.15, -0.1) is 11.3 Å². The van der Waals surface area contributed by atoms with E-state index < -0.39 is 0 Å². The third-order valence-corrected chi connectivity index (χ3v) is 6.72. The third-order valence-electron chi connectivity index (χ3n) is 5.66. The van der Waals surface area contributed by atoms with Gasteiger partial charge in [0.2, 0.25) is 5.95 Å². The highest BCUT2D eigenvalue weighted by Crippen LogP contribution is 2.33. The van der Waals surface area contributed by atoms with E-state index in [1.165, 1.54) is 11.3 Å². The van der Waals surface area contributed by atoms with Gasteiger partial charge >= 0.3 is 0 Å². The summed E-state index contributed by atoms with van der Waals surface area (Å²) in [7, 11) is 0. The molecule has 1 aliphatic heterocycles. The number of nitrogens with zero attached hydrogens (tertiary/aromatic N) is 5. The molecule has 7 nitrogen and oxygen atoms in total. The molecule has 0 spiro atoms. The van der Waals surface area contributed by atoms with Crippen molar-refractivity contribution < 1.29 is 5.11 Å². The van der Waals surface area contributed by atoms with Gasteiger partial charge in [-0.1, -0.05) is 13.3 Å². The van der Waals surface area contributed by atoms with Crippen molar-refractivity contribution in [1.29, 1.82) is 0 Å². The number of unbranched alkanes of at least 4 members (excludes halogenated alkanes) is 1. The summed E-state index contributed by atoms with van der Waals surface area (Å²) in [4.78, 5) is 28.6. The Morgan fingerprint density at radius 1 is 1.14 bits per heavy atom. The first-order chi connectivity index (χ1) is 14.0. The molecule has 0 atom stereocenters. The largest absolute Gasteiger partial charge is 0.395 e. The SMILES string of the molecule is CCCCn1c(N2CCN(CCO)CC2)nc2c(sc3nc(C)cc(C)c32)c1=O. The molecular formula is C21H29N5O2S. The lowest BCUT2D eigenvalue weighted by atomic mass is 10.1. The van der Waals surface area contributed by atoms with Crippen molar-refractivity contribution >= 4 is 37.7 Å². The molecule has 0 amide bonds. The molecule has 0 aromatic carbocycles. The molecular weight excluding hydrogens is 386 g/mol. The summed E-state index contributed by atoms with van der Waals surface area (Å²) >= 11 is 1.47. The van der Waals surface area contributed by atoms with E-state index in [1.807, 2.05) is 11.5 Å². The summed E-state index contributed by atoms with van der Waals surface area (Å²) in [5.41, 5.74) is 2.93. The van der Waals surface area contributed by atoms with Crippen LogP contribution in [0.2, 0.25) is 0 Å². The average Bonchev–Trinajstić information content (AvgIpc) is 3.07. The molecule has 1 saturated heterocycles. The maximum absolute atomic E-state index is 13.5. The topological polar surface area (TPSA) is 74.5 Å². The highest BCUT2D eigenvalue weighted by atomic mass is 32.1. The standard InChI is InChI=1S/C21H29N5O2S/c1-4-5-6-26-20(28)18-17(16-14(2)13-15(3)22-19(16)29-18)23-21(26)25-9-7-24(8-10-25)11-12-27/h13,27H,4-12H2,1-3H3. The summed E-state index contributed by atoms with van der Waals surface area (Å²) < 4.78 is 2.57. The second kappa shape index (κ2) is 8.38. The molecule has 0 radical (unpaired) electrons. The molecule has 1 aliphatic rings. The molecule has 0 aliphatic carbocycles. The first kappa shape index (κ1) is 20.3. The minimum Gasteiger partial charge on any atom is -0.395 e. The van der Waals surface area contributed by atoms with E-state index in [1.54, 1.807) is 0 Å². The molecule has 29 heavy (non-hydrogen) atoms. The number of hydrogen-bond acceptors (Lipinski definition) is 7. The zero-order valence-corrected chi connectivity index (χ0v) is 18.3. The molecule has 0 saturated carbocycles. The van der Waals surface area contributed by atoms with Crippen molar-refractivity contribution in [3.05, 3.63) is 27.7 Å². The normalized spacial score (nSPS) is 15.7. The molecule has 3 aromatic rings. The van der Waals surface area contributed by atoms with Crippen LogP contribution in [0.25, 0.3) is 20.4 Å². The van der Waals surface area contributed by atoms with Crippen LogP contribution in [-0.2, 0) is 6.54 Å². The number of β-amino-alcohol motifs (C(OH)–C–C–N with tert-alkyl or cyclic N) is 1. The van der Waals surface area contributed by atoms with Crippen LogP contribution in [-0.4, -0.2) is 63.9 Å². The number of anilines is 1. The number of pyridine rings is 1. The lowest BCUT2D eigenvalue weighted by Gasteiger charge is -2.35. The van der Waals surface area contributed by atoms with Gasteiger partial charge in [0.15, 0.2) is 0 Å². The minimum atomic E-state index is 0.0521. The van der Waals surface area contributed by atoms with Gasteiger partial charge in [-0.25, -0.2) is 9.97 Å². The number of thiophene rings is 1. The number of fused-ring (bicyclic) bond motifs is 3. The predicted molar refractivity (Wildman–Crippen MR) is 119 cm³/mol. The molecule has 1 fully saturated rings. The summed E-state index contributed by atoms with van der Waals surface area (Å²) in [6.07, 6.45) is 1.98. The maximum Gasteiger partial charge on any atom is 0.272 e. The highest BCUT2D eigenvalue weighted by Gasteiger charge is 2.24. The smallest absolute Gasteiger partial charge is 0.272 e. The molecule has 4 heterocycles. The molecule has 1 N–H and O–H groups in total. The van der Waals surface area contributed by atoms with Gasteiger partial charge in [0, 0.05) is 50.3 Å². The lowest BCUT2D eigenvalue weighted by molar-refractivity contribution is 0.188. The Kier molecular flexibility index (Phi) is 5.85. The summed E-state index contributed by atoms with van der Waals surface area (Å²) in [5, 5.41) is 10.2. The third kappa shape index (κ3) is 3.76. The Balaban J connectivity index is 1.85. The number of aromatic nitrogens is 3. The van der Waals surface area contributed by atoms with Gasteiger partial charge in [-0.05, 0) is 31.9 Å². The summed E-state index contributed by atoms with van der Waals surface area (Å²) in [5.74, 6) is 0.777. The average molecular weight is 416 g/mol. The molecule has 156 valence electrons. The van der Waals surface area contributed by atoms with Gasteiger partial charge < -0.3 is 10.0 Å². The molecule has 0 unspecified atom stereocenters. The van der Waals surface area contributed by atoms with Crippen molar-refractivity contribution in [3.8, 4) is 0 Å². The highest BCUT2D eigenvalue weighted by molar-refractivity contribution is 7.25. The summed E-state index contributed by atoms with van der Waals surface area (Å²) in [6.45, 7) is 11.1. The van der Waals surface area contributed by atoms with Gasteiger partial charge in [0.1, 0.15) is 15.0 Å². The quantitative estimate of drug-likeness (QED) is 0.667. The fraction of sp³-hybridized carbons (Fsp3) is 0.571. The first-order valence-electron chi connectivity index (χ1n) is 10.4. The summed E-state index contributed by atoms with van der Waals surface area (Å²) in [6, 6.07) is 2.06. The van der Waals surface area contributed by atoms with Crippen molar-refractivity contribution in [2.24, 2.45) is 0 Å². The lowest BCUT2D eigenvalue weighted by Crippen LogP contribution is -2.49. The maximum atomic E-state index is 13.5. The second-order valence-corrected chi connectivity index (χ2v) is 8.81. The van der Waals surface area contributed by atoms with Crippen molar-refractivity contribution in [2.75, 3.05) is 44.2 Å². The van der Waals surface area contributed by atoms with E-state index in [4.69, 9.17) is 4.98 Å². The predicted octanol–water partition coefficient (Wildman–Crippen LogP) is 2.54. The Hall–Kier alpha value is -2.03. The zero-order valence-electron chi connectivity index (χ0n) is 17.4. The molecule has 0 bridgehead atoms. The van der Waals surface area contributed by atoms with Crippen LogP contribution >= 0.6 is 11.3 Å². The monoisotopic (exact) mass is 415 g/mol. The van der Waals surface area contributed by atoms with Crippen molar-refractivity contribution in [1.82, 2.24) is 19.4 Å². The van der Waals surface area contributed by atoms with E-state index in [0.29, 0.717) is 17.8 Å². The number of aliphatic hydroxyl groups is 1. The van der Waals surface area contributed by atoms with Crippen LogP contribution < -0.4 is 10.5 Å². The first-order valence-corrected chi connectivity index (χ1v) is 11.2. The van der Waals surface area contributed by atoms with E-state index in [0.717, 1.165) is 72.0 Å². The second-order valence-electron chi connectivity index (χ2n) is 7.81. The van der Waals surface area contributed by atoms with E-state index >= 15 is 0 Å². The fourth-order valence-corrected chi connectivity index (χ4v) is 5.31. The number of hydrogen-bond donors (Lipinski definition) is 1. The molecule has 8 heteroatoms. The zero-order chi connectivity index (χ0) is 20.5. The Bertz CT molecular complexity index is 1080. The Labute approximate surface area is 174 Å². The van der Waals surface area contributed by atoms with Crippen molar-refractivity contribution in [3.63, 3.8) is 0 Å². The van der Waals surface area contributed by atoms with Crippen LogP contribution in [0, 0.1) is 13.8 Å². The van der Waals surface area contributed by atoms with E-state index in [9.17, 15) is 9.90 Å². The number of piperazine rings is 1. The van der Waals surface area contributed by atoms with Crippen LogP contribution in [0.1, 0.15) is 31.0 Å². The van der Waals surface area contributed by atoms with Crippen LogP contribution in [0.15, 0.2) is 10.9 Å². The number of rotatable bonds is 6. The minimum absolute atomic E-state index is 0.0521. The van der Waals surface area contributed by atoms with Crippen molar-refractivity contribution in [2.45, 2.75) is 40.2 Å². The number of aryl methyl sites for hydroxylation is 2. The van der Waals surface area contributed by atoms with Crippen LogP contribution in [0.4, 0.5) is 5.95 Å². The van der Waals surface area contributed by atoms with E-state index in [2.05, 4.69) is 34.7 Å². The van der Waals surface area contributed by atoms with Gasteiger partial charge in [-0.2, -0.15) is 0 Å². The molecule has 3 aromatic heterocycles. The van der Waals surface area contributed by atoms with Gasteiger partial charge in [0.05, 0.1) is 6.61 Å². The Morgan fingerprint density at radius 2 is 1.90 bits per heavy atom. The van der Waals surface area contributed by atoms with E-state index in [-0.39, 0.29) is 12.2 Å². The molecule has 4 rings (SSSR count). The van der Waals surface area contributed by atoms with Gasteiger partial charge in [0.25, 0.3) is 5.56 Å². The van der Waals surface area contributed by atoms with Crippen LogP contribution in [0.3, 0.4) is 0 Å². The Morgan fingerprint density at radius 3 is 2.59 bits per heavy atom. The number of aliphatic hydroxyl groups excluding tert-OH is 1.